The number of carbonyl (C=O) groups is 1. The molecule has 0 aliphatic heterocycles. The molecule has 0 radical (unpaired) electrons. The van der Waals surface area contributed by atoms with Crippen LogP contribution in [-0.2, 0) is 6.54 Å². The molecule has 1 unspecified atom stereocenters. The van der Waals surface area contributed by atoms with E-state index >= 15 is 0 Å². The van der Waals surface area contributed by atoms with Crippen LogP contribution in [0.5, 0.6) is 0 Å². The lowest BCUT2D eigenvalue weighted by atomic mass is 9.98. The van der Waals surface area contributed by atoms with E-state index in [4.69, 9.17) is 5.73 Å². The maximum Gasteiger partial charge on any atom is 0.258 e. The molecular formula is C27H30FN5O2. The Kier molecular flexibility index (Phi) is 8.50. The topological polar surface area (TPSA) is 105 Å². The summed E-state index contributed by atoms with van der Waals surface area (Å²) in [5.41, 5.74) is 6.78. The van der Waals surface area contributed by atoms with Crippen LogP contribution in [0.2, 0.25) is 0 Å². The molecule has 2 N–H and O–H groups in total. The van der Waals surface area contributed by atoms with Crippen LogP contribution in [0.4, 0.5) is 4.39 Å². The number of hydrogen-bond acceptors (Lipinski definition) is 5. The van der Waals surface area contributed by atoms with Crippen molar-refractivity contribution in [3.8, 4) is 6.07 Å². The van der Waals surface area contributed by atoms with E-state index in [1.165, 1.54) is 22.8 Å². The van der Waals surface area contributed by atoms with Gasteiger partial charge in [0, 0.05) is 12.1 Å². The summed E-state index contributed by atoms with van der Waals surface area (Å²) in [5.74, 6) is -0.764. The Labute approximate surface area is 204 Å². The predicted molar refractivity (Wildman–Crippen MR) is 132 cm³/mol. The first-order chi connectivity index (χ1) is 16.8. The van der Waals surface area contributed by atoms with Crippen LogP contribution < -0.4 is 11.3 Å². The molecule has 0 bridgehead atoms. The largest absolute Gasteiger partial charge is 0.330 e. The fraction of sp³-hybridized carbons (Fsp3) is 0.333. The second-order valence-electron chi connectivity index (χ2n) is 8.77. The lowest BCUT2D eigenvalue weighted by molar-refractivity contribution is 0.0601. The number of amides is 1. The van der Waals surface area contributed by atoms with Crippen LogP contribution in [0.25, 0.3) is 0 Å². The lowest BCUT2D eigenvalue weighted by Gasteiger charge is -2.35. The first kappa shape index (κ1) is 25.8. The summed E-state index contributed by atoms with van der Waals surface area (Å²) in [6.07, 6.45) is 0.504. The molecule has 7 nitrogen and oxygen atoms in total. The molecule has 1 amide bonds. The monoisotopic (exact) mass is 475 g/mol. The van der Waals surface area contributed by atoms with Crippen molar-refractivity contribution in [2.45, 2.75) is 39.8 Å². The van der Waals surface area contributed by atoms with E-state index in [0.29, 0.717) is 18.8 Å². The van der Waals surface area contributed by atoms with Crippen molar-refractivity contribution in [1.82, 2.24) is 14.5 Å². The quantitative estimate of drug-likeness (QED) is 0.507. The van der Waals surface area contributed by atoms with Crippen LogP contribution in [0, 0.1) is 30.0 Å². The summed E-state index contributed by atoms with van der Waals surface area (Å²) in [6.45, 7) is 6.28. The average molecular weight is 476 g/mol. The maximum atomic E-state index is 13.9. The average Bonchev–Trinajstić information content (AvgIpc) is 2.85. The van der Waals surface area contributed by atoms with E-state index in [1.807, 2.05) is 50.2 Å². The summed E-state index contributed by atoms with van der Waals surface area (Å²) in [6, 6.07) is 16.3. The molecule has 0 saturated carbocycles. The molecule has 0 fully saturated rings. The molecule has 1 aromatic heterocycles. The first-order valence-electron chi connectivity index (χ1n) is 11.6. The van der Waals surface area contributed by atoms with Gasteiger partial charge in [-0.1, -0.05) is 50.2 Å². The van der Waals surface area contributed by atoms with Crippen molar-refractivity contribution in [2.75, 3.05) is 13.1 Å². The summed E-state index contributed by atoms with van der Waals surface area (Å²) in [4.78, 5) is 33.2. The number of nitrogens with zero attached hydrogens (tertiary/aromatic N) is 4. The maximum absolute atomic E-state index is 13.9. The van der Waals surface area contributed by atoms with Gasteiger partial charge in [-0.3, -0.25) is 14.2 Å². The molecule has 2 aromatic carbocycles. The lowest BCUT2D eigenvalue weighted by Crippen LogP contribution is -2.43. The molecule has 35 heavy (non-hydrogen) atoms. The van der Waals surface area contributed by atoms with E-state index in [-0.39, 0.29) is 41.4 Å². The number of rotatable bonds is 9. The third-order valence-electron chi connectivity index (χ3n) is 5.88. The van der Waals surface area contributed by atoms with Gasteiger partial charge in [-0.05, 0) is 49.6 Å². The normalized spacial score (nSPS) is 11.8. The van der Waals surface area contributed by atoms with Gasteiger partial charge in [0.25, 0.3) is 11.5 Å². The van der Waals surface area contributed by atoms with Crippen LogP contribution in [-0.4, -0.2) is 33.4 Å². The number of carbonyl (C=O) groups excluding carboxylic acids is 1. The summed E-state index contributed by atoms with van der Waals surface area (Å²) < 4.78 is 15.5. The predicted octanol–water partition coefficient (Wildman–Crippen LogP) is 3.80. The number of benzene rings is 2. The zero-order valence-electron chi connectivity index (χ0n) is 20.2. The number of halogens is 1. The highest BCUT2D eigenvalue weighted by atomic mass is 19.1. The molecule has 0 aliphatic rings. The molecule has 1 atom stereocenters. The first-order valence-corrected chi connectivity index (χ1v) is 11.6. The van der Waals surface area contributed by atoms with Gasteiger partial charge in [-0.2, -0.15) is 5.26 Å². The zero-order valence-corrected chi connectivity index (χ0v) is 20.2. The molecule has 0 saturated heterocycles. The highest BCUT2D eigenvalue weighted by molar-refractivity contribution is 5.94. The number of aromatic nitrogens is 2. The van der Waals surface area contributed by atoms with Gasteiger partial charge in [-0.25, -0.2) is 9.37 Å². The standard InChI is InChI=1S/C27H30FN5O2/c1-18(2)24(32(14-8-13-29)27(35)21-11-7-12-22(28)15-21)25-31-23(16-30)19(3)26(34)33(25)17-20-9-5-4-6-10-20/h4-7,9-12,15,18,24H,8,13-14,17,29H2,1-3H3. The van der Waals surface area contributed by atoms with Gasteiger partial charge >= 0.3 is 0 Å². The number of nitrogens with two attached hydrogens (primary N) is 1. The van der Waals surface area contributed by atoms with Gasteiger partial charge in [0.1, 0.15) is 17.7 Å². The van der Waals surface area contributed by atoms with Gasteiger partial charge < -0.3 is 10.6 Å². The van der Waals surface area contributed by atoms with Crippen molar-refractivity contribution in [3.05, 3.63) is 99.0 Å². The van der Waals surface area contributed by atoms with Crippen molar-refractivity contribution in [3.63, 3.8) is 0 Å². The summed E-state index contributed by atoms with van der Waals surface area (Å²) >= 11 is 0. The molecule has 182 valence electrons. The van der Waals surface area contributed by atoms with Crippen molar-refractivity contribution < 1.29 is 9.18 Å². The minimum Gasteiger partial charge on any atom is -0.330 e. The second kappa shape index (κ2) is 11.5. The van der Waals surface area contributed by atoms with E-state index in [2.05, 4.69) is 4.98 Å². The van der Waals surface area contributed by atoms with Crippen molar-refractivity contribution in [2.24, 2.45) is 11.7 Å². The Hall–Kier alpha value is -3.83. The Morgan fingerprint density at radius 3 is 2.51 bits per heavy atom. The van der Waals surface area contributed by atoms with Crippen LogP contribution in [0.3, 0.4) is 0 Å². The fourth-order valence-electron chi connectivity index (χ4n) is 4.13. The number of nitriles is 1. The Morgan fingerprint density at radius 1 is 1.20 bits per heavy atom. The molecule has 0 spiro atoms. The van der Waals surface area contributed by atoms with E-state index in [9.17, 15) is 19.2 Å². The third kappa shape index (κ3) is 5.81. The molecule has 8 heteroatoms. The minimum absolute atomic E-state index is 0.0249. The molecule has 3 aromatic rings. The van der Waals surface area contributed by atoms with E-state index < -0.39 is 17.8 Å². The van der Waals surface area contributed by atoms with Gasteiger partial charge in [0.05, 0.1) is 18.2 Å². The SMILES string of the molecule is Cc1c(C#N)nc(C(C(C)C)N(CCCN)C(=O)c2cccc(F)c2)n(Cc2ccccc2)c1=O. The Balaban J connectivity index is 2.22. The van der Waals surface area contributed by atoms with Crippen LogP contribution in [0.1, 0.15) is 59.3 Å². The summed E-state index contributed by atoms with van der Waals surface area (Å²) in [7, 11) is 0. The minimum atomic E-state index is -0.651. The Morgan fingerprint density at radius 2 is 1.91 bits per heavy atom. The van der Waals surface area contributed by atoms with E-state index in [1.54, 1.807) is 17.9 Å². The van der Waals surface area contributed by atoms with Crippen LogP contribution >= 0.6 is 0 Å². The Bertz CT molecular complexity index is 1280. The van der Waals surface area contributed by atoms with Crippen molar-refractivity contribution >= 4 is 5.91 Å². The smallest absolute Gasteiger partial charge is 0.258 e. The highest BCUT2D eigenvalue weighted by Crippen LogP contribution is 2.30. The second-order valence-corrected chi connectivity index (χ2v) is 8.77. The zero-order chi connectivity index (χ0) is 25.5. The highest BCUT2D eigenvalue weighted by Gasteiger charge is 2.33. The van der Waals surface area contributed by atoms with Crippen molar-refractivity contribution in [1.29, 1.82) is 5.26 Å². The molecule has 1 heterocycles. The van der Waals surface area contributed by atoms with E-state index in [0.717, 1.165) is 5.56 Å². The number of hydrogen-bond donors (Lipinski definition) is 1. The third-order valence-corrected chi connectivity index (χ3v) is 5.88. The van der Waals surface area contributed by atoms with Gasteiger partial charge in [-0.15, -0.1) is 0 Å². The van der Waals surface area contributed by atoms with Gasteiger partial charge in [0.2, 0.25) is 0 Å². The fourth-order valence-corrected chi connectivity index (χ4v) is 4.13. The molecule has 3 rings (SSSR count). The molecular weight excluding hydrogens is 445 g/mol. The van der Waals surface area contributed by atoms with Gasteiger partial charge in [0.15, 0.2) is 5.69 Å². The van der Waals surface area contributed by atoms with Crippen LogP contribution in [0.15, 0.2) is 59.4 Å². The molecule has 0 aliphatic carbocycles. The summed E-state index contributed by atoms with van der Waals surface area (Å²) in [5, 5.41) is 9.67.